The van der Waals surface area contributed by atoms with Gasteiger partial charge in [0.1, 0.15) is 6.10 Å². The van der Waals surface area contributed by atoms with Crippen LogP contribution in [0.3, 0.4) is 0 Å². The van der Waals surface area contributed by atoms with Crippen molar-refractivity contribution >= 4 is 40.5 Å². The second-order valence-electron chi connectivity index (χ2n) is 8.74. The van der Waals surface area contributed by atoms with E-state index in [4.69, 9.17) is 4.74 Å². The molecule has 1 aliphatic heterocycles. The first-order chi connectivity index (χ1) is 16.8. The van der Waals surface area contributed by atoms with Crippen LogP contribution in [0, 0.1) is 0 Å². The molecule has 3 aromatic carbocycles. The predicted octanol–water partition coefficient (Wildman–Crippen LogP) is 7.20. The summed E-state index contributed by atoms with van der Waals surface area (Å²) in [5, 5.41) is 1.46. The van der Waals surface area contributed by atoms with Gasteiger partial charge in [-0.25, -0.2) is 4.79 Å². The molecule has 1 aromatic heterocycles. The number of rotatable bonds is 7. The average Bonchev–Trinajstić information content (AvgIpc) is 3.41. The Bertz CT molecular complexity index is 1290. The van der Waals surface area contributed by atoms with Crippen LogP contribution in [0.5, 0.6) is 0 Å². The number of aromatic nitrogens is 1. The van der Waals surface area contributed by atoms with Crippen molar-refractivity contribution in [1.82, 2.24) is 9.88 Å². The molecule has 0 radical (unpaired) electrons. The molecule has 1 N–H and O–H groups in total. The number of hydrogen-bond acceptors (Lipinski definition) is 4. The number of H-pyrrole nitrogens is 1. The van der Waals surface area contributed by atoms with E-state index in [2.05, 4.69) is 83.8 Å². The highest BCUT2D eigenvalue weighted by molar-refractivity contribution is 7.99. The molecule has 172 valence electrons. The number of thioether (sulfide) groups is 2. The Labute approximate surface area is 208 Å². The van der Waals surface area contributed by atoms with Crippen molar-refractivity contribution in [2.75, 3.05) is 12.3 Å². The van der Waals surface area contributed by atoms with Gasteiger partial charge in [-0.2, -0.15) is 0 Å². The molecule has 1 fully saturated rings. The maximum absolute atomic E-state index is 13.0. The maximum Gasteiger partial charge on any atom is 0.410 e. The quantitative estimate of drug-likeness (QED) is 0.281. The predicted molar refractivity (Wildman–Crippen MR) is 140 cm³/mol. The highest BCUT2D eigenvalue weighted by Gasteiger charge is 2.49. The van der Waals surface area contributed by atoms with E-state index in [0.717, 1.165) is 23.4 Å². The number of nitrogens with one attached hydrogen (secondary N) is 1. The largest absolute Gasteiger partial charge is 0.443 e. The fourth-order valence-electron chi connectivity index (χ4n) is 5.11. The van der Waals surface area contributed by atoms with Gasteiger partial charge in [0.25, 0.3) is 0 Å². The lowest BCUT2D eigenvalue weighted by Gasteiger charge is -2.33. The Morgan fingerprint density at radius 1 is 0.941 bits per heavy atom. The fourth-order valence-corrected chi connectivity index (χ4v) is 7.25. The van der Waals surface area contributed by atoms with E-state index >= 15 is 0 Å². The number of ether oxygens (including phenoxy) is 1. The average molecular weight is 487 g/mol. The second kappa shape index (κ2) is 9.43. The fraction of sp³-hybridized carbons (Fsp3) is 0.250. The van der Waals surface area contributed by atoms with E-state index in [-0.39, 0.29) is 23.5 Å². The standard InChI is InChI=1S/C28H26N2O2S2/c31-28-30(15-16-33-20-11-5-2-6-12-20)27-23(32-28)17-24(34-18-19-9-3-1-4-10-19)26-25(27)21-13-7-8-14-22(21)29-26/h1-14,23-24,27,29H,15-18H2/t23-,24-,27-/m0/s1. The Hall–Kier alpha value is -2.83. The molecule has 4 aromatic rings. The first-order valence-corrected chi connectivity index (χ1v) is 13.7. The molecule has 6 rings (SSSR count). The Kier molecular flexibility index (Phi) is 6.02. The topological polar surface area (TPSA) is 45.3 Å². The molecular weight excluding hydrogens is 460 g/mol. The summed E-state index contributed by atoms with van der Waals surface area (Å²) < 4.78 is 5.99. The van der Waals surface area contributed by atoms with Crippen molar-refractivity contribution in [3.05, 3.63) is 102 Å². The smallest absolute Gasteiger partial charge is 0.410 e. The Morgan fingerprint density at radius 2 is 1.68 bits per heavy atom. The molecule has 3 atom stereocenters. The lowest BCUT2D eigenvalue weighted by molar-refractivity contribution is 0.122. The van der Waals surface area contributed by atoms with Crippen molar-refractivity contribution < 1.29 is 9.53 Å². The number of benzene rings is 3. The van der Waals surface area contributed by atoms with Crippen molar-refractivity contribution in [3.8, 4) is 0 Å². The lowest BCUT2D eigenvalue weighted by atomic mass is 9.87. The summed E-state index contributed by atoms with van der Waals surface area (Å²) in [6.45, 7) is 0.667. The van der Waals surface area contributed by atoms with Gasteiger partial charge in [0.2, 0.25) is 0 Å². The van der Waals surface area contributed by atoms with Crippen LogP contribution in [0.4, 0.5) is 4.79 Å². The lowest BCUT2D eigenvalue weighted by Crippen LogP contribution is -2.34. The van der Waals surface area contributed by atoms with Crippen LogP contribution < -0.4 is 0 Å². The Morgan fingerprint density at radius 3 is 2.50 bits per heavy atom. The van der Waals surface area contributed by atoms with Gasteiger partial charge in [-0.05, 0) is 23.8 Å². The zero-order valence-corrected chi connectivity index (χ0v) is 20.4. The maximum atomic E-state index is 13.0. The third-order valence-electron chi connectivity index (χ3n) is 6.65. The number of amides is 1. The molecular formula is C28H26N2O2S2. The van der Waals surface area contributed by atoms with E-state index in [1.807, 2.05) is 22.7 Å². The molecule has 1 aliphatic carbocycles. The van der Waals surface area contributed by atoms with Gasteiger partial charge in [0.15, 0.2) is 0 Å². The van der Waals surface area contributed by atoms with Gasteiger partial charge in [-0.3, -0.25) is 4.90 Å². The molecule has 2 aliphatic rings. The minimum absolute atomic E-state index is 0.0383. The van der Waals surface area contributed by atoms with Crippen LogP contribution >= 0.6 is 23.5 Å². The van der Waals surface area contributed by atoms with Crippen LogP contribution in [0.15, 0.2) is 89.8 Å². The zero-order valence-electron chi connectivity index (χ0n) is 18.7. The number of hydrogen-bond donors (Lipinski definition) is 1. The van der Waals surface area contributed by atoms with Gasteiger partial charge in [-0.15, -0.1) is 23.5 Å². The number of carbonyl (C=O) groups excluding carboxylic acids is 1. The van der Waals surface area contributed by atoms with Crippen molar-refractivity contribution in [2.24, 2.45) is 0 Å². The first kappa shape index (κ1) is 21.7. The van der Waals surface area contributed by atoms with Crippen molar-refractivity contribution in [3.63, 3.8) is 0 Å². The summed E-state index contributed by atoms with van der Waals surface area (Å²) >= 11 is 3.71. The highest BCUT2D eigenvalue weighted by atomic mass is 32.2. The minimum atomic E-state index is -0.186. The van der Waals surface area contributed by atoms with Crippen molar-refractivity contribution in [2.45, 2.75) is 34.5 Å². The zero-order chi connectivity index (χ0) is 22.9. The summed E-state index contributed by atoms with van der Waals surface area (Å²) in [5.41, 5.74) is 4.95. The second-order valence-corrected chi connectivity index (χ2v) is 11.1. The molecule has 1 amide bonds. The number of carbonyl (C=O) groups is 1. The summed E-state index contributed by atoms with van der Waals surface area (Å²) in [7, 11) is 0. The van der Waals surface area contributed by atoms with Crippen LogP contribution in [-0.2, 0) is 10.5 Å². The van der Waals surface area contributed by atoms with Crippen LogP contribution in [0.25, 0.3) is 10.9 Å². The van der Waals surface area contributed by atoms with Crippen molar-refractivity contribution in [1.29, 1.82) is 0 Å². The van der Waals surface area contributed by atoms with E-state index in [0.29, 0.717) is 6.54 Å². The summed E-state index contributed by atoms with van der Waals surface area (Å²) in [6, 6.07) is 29.4. The van der Waals surface area contributed by atoms with Gasteiger partial charge in [0, 0.05) is 56.8 Å². The molecule has 0 saturated carbocycles. The first-order valence-electron chi connectivity index (χ1n) is 11.7. The van der Waals surface area contributed by atoms with E-state index in [9.17, 15) is 4.79 Å². The van der Waals surface area contributed by atoms with E-state index in [1.165, 1.54) is 27.1 Å². The molecule has 6 heteroatoms. The van der Waals surface area contributed by atoms with Crippen LogP contribution in [0.2, 0.25) is 0 Å². The molecule has 2 heterocycles. The minimum Gasteiger partial charge on any atom is -0.443 e. The molecule has 34 heavy (non-hydrogen) atoms. The highest BCUT2D eigenvalue weighted by Crippen LogP contribution is 2.52. The van der Waals surface area contributed by atoms with Gasteiger partial charge in [-0.1, -0.05) is 66.7 Å². The number of fused-ring (bicyclic) bond motifs is 5. The third kappa shape index (κ3) is 4.10. The van der Waals surface area contributed by atoms with Gasteiger partial charge in [0.05, 0.1) is 6.04 Å². The van der Waals surface area contributed by atoms with Crippen LogP contribution in [-0.4, -0.2) is 34.4 Å². The molecule has 1 saturated heterocycles. The van der Waals surface area contributed by atoms with Gasteiger partial charge < -0.3 is 9.72 Å². The SMILES string of the molecule is O=C1O[C@H]2C[C@H](SCc3ccccc3)c3[nH]c4ccccc4c3[C@H]2N1CCSc1ccccc1. The number of nitrogens with zero attached hydrogens (tertiary/aromatic N) is 1. The number of aromatic amines is 1. The summed E-state index contributed by atoms with van der Waals surface area (Å²) in [6.07, 6.45) is 0.526. The van der Waals surface area contributed by atoms with Crippen LogP contribution in [0.1, 0.15) is 34.5 Å². The summed E-state index contributed by atoms with van der Waals surface area (Å²) in [5.74, 6) is 1.77. The molecule has 0 bridgehead atoms. The Balaban J connectivity index is 1.29. The third-order valence-corrected chi connectivity index (χ3v) is 8.98. The molecule has 4 nitrogen and oxygen atoms in total. The van der Waals surface area contributed by atoms with E-state index in [1.54, 1.807) is 11.8 Å². The summed E-state index contributed by atoms with van der Waals surface area (Å²) in [4.78, 5) is 19.9. The number of para-hydroxylation sites is 1. The molecule has 0 spiro atoms. The molecule has 0 unspecified atom stereocenters. The van der Waals surface area contributed by atoms with E-state index < -0.39 is 0 Å². The normalized spacial score (nSPS) is 21.4. The monoisotopic (exact) mass is 486 g/mol. The van der Waals surface area contributed by atoms with Gasteiger partial charge >= 0.3 is 6.09 Å².